The van der Waals surface area contributed by atoms with Crippen LogP contribution < -0.4 is 0 Å². The first-order chi connectivity index (χ1) is 8.90. The van der Waals surface area contributed by atoms with Gasteiger partial charge in [-0.05, 0) is 30.6 Å². The van der Waals surface area contributed by atoms with E-state index in [4.69, 9.17) is 0 Å². The Balaban J connectivity index is 1.91. The zero-order valence-corrected chi connectivity index (χ0v) is 13.1. The van der Waals surface area contributed by atoms with Crippen LogP contribution in [-0.2, 0) is 9.59 Å². The van der Waals surface area contributed by atoms with Crippen LogP contribution in [0.4, 0.5) is 0 Å². The van der Waals surface area contributed by atoms with E-state index in [0.29, 0.717) is 17.8 Å². The third-order valence-electron chi connectivity index (χ3n) is 4.29. The molecule has 1 amide bonds. The number of carbonyl (C=O) groups excluding carboxylic acids is 2. The Bertz CT molecular complexity index is 363. The number of hydrogen-bond donors (Lipinski definition) is 0. The molecular weight excluding hydrogens is 258 g/mol. The van der Waals surface area contributed by atoms with Crippen LogP contribution in [0.3, 0.4) is 0 Å². The minimum absolute atomic E-state index is 0.125. The van der Waals surface area contributed by atoms with E-state index in [2.05, 4.69) is 13.8 Å². The molecule has 0 spiro atoms. The van der Waals surface area contributed by atoms with Gasteiger partial charge in [-0.2, -0.15) is 0 Å². The van der Waals surface area contributed by atoms with Gasteiger partial charge in [0.25, 0.3) is 0 Å². The molecular formula is C15H25NO2S. The van der Waals surface area contributed by atoms with Gasteiger partial charge in [-0.25, -0.2) is 0 Å². The Morgan fingerprint density at radius 1 is 1.47 bits per heavy atom. The third kappa shape index (κ3) is 3.74. The molecule has 1 atom stereocenters. The van der Waals surface area contributed by atoms with Gasteiger partial charge in [-0.15, -0.1) is 0 Å². The van der Waals surface area contributed by atoms with Gasteiger partial charge in [0.05, 0.1) is 0 Å². The van der Waals surface area contributed by atoms with Crippen molar-refractivity contribution < 1.29 is 9.59 Å². The van der Waals surface area contributed by atoms with Crippen molar-refractivity contribution in [2.75, 3.05) is 13.1 Å². The Kier molecular flexibility index (Phi) is 4.59. The first-order valence-corrected chi connectivity index (χ1v) is 8.23. The van der Waals surface area contributed by atoms with Gasteiger partial charge in [0, 0.05) is 31.7 Å². The summed E-state index contributed by atoms with van der Waals surface area (Å²) in [7, 11) is 0. The SMILES string of the molecule is CC(=O)SC1CC(=O)N(CC2(CC(C)C)CCC2)C1. The molecule has 108 valence electrons. The molecule has 0 radical (unpaired) electrons. The summed E-state index contributed by atoms with van der Waals surface area (Å²) < 4.78 is 0. The molecule has 2 fully saturated rings. The molecule has 1 unspecified atom stereocenters. The lowest BCUT2D eigenvalue weighted by Gasteiger charge is -2.45. The first kappa shape index (κ1) is 14.9. The second-order valence-electron chi connectivity index (χ2n) is 6.66. The summed E-state index contributed by atoms with van der Waals surface area (Å²) >= 11 is 1.33. The lowest BCUT2D eigenvalue weighted by Crippen LogP contribution is -2.44. The van der Waals surface area contributed by atoms with Gasteiger partial charge >= 0.3 is 0 Å². The summed E-state index contributed by atoms with van der Waals surface area (Å²) in [4.78, 5) is 25.2. The van der Waals surface area contributed by atoms with E-state index in [1.807, 2.05) is 4.90 Å². The molecule has 19 heavy (non-hydrogen) atoms. The summed E-state index contributed by atoms with van der Waals surface area (Å²) in [6, 6.07) is 0. The average molecular weight is 283 g/mol. The van der Waals surface area contributed by atoms with Gasteiger partial charge in [-0.3, -0.25) is 9.59 Å². The maximum atomic E-state index is 12.1. The Morgan fingerprint density at radius 3 is 2.63 bits per heavy atom. The minimum atomic E-state index is 0.125. The van der Waals surface area contributed by atoms with Crippen LogP contribution in [0.1, 0.15) is 52.9 Å². The summed E-state index contributed by atoms with van der Waals surface area (Å²) in [5, 5.41) is 0.307. The lowest BCUT2D eigenvalue weighted by atomic mass is 9.64. The zero-order chi connectivity index (χ0) is 14.0. The summed E-state index contributed by atoms with van der Waals surface area (Å²) in [6.07, 6.45) is 5.60. The van der Waals surface area contributed by atoms with Gasteiger partial charge in [0.15, 0.2) is 5.12 Å². The Morgan fingerprint density at radius 2 is 2.16 bits per heavy atom. The number of carbonyl (C=O) groups is 2. The van der Waals surface area contributed by atoms with Crippen molar-refractivity contribution in [3.63, 3.8) is 0 Å². The average Bonchev–Trinajstić information content (AvgIpc) is 2.54. The van der Waals surface area contributed by atoms with Gasteiger partial charge in [-0.1, -0.05) is 32.0 Å². The highest BCUT2D eigenvalue weighted by molar-refractivity contribution is 8.14. The molecule has 1 saturated heterocycles. The number of likely N-dealkylation sites (tertiary alicyclic amines) is 1. The van der Waals surface area contributed by atoms with E-state index >= 15 is 0 Å². The van der Waals surface area contributed by atoms with Crippen LogP contribution >= 0.6 is 11.8 Å². The number of amides is 1. The van der Waals surface area contributed by atoms with Crippen LogP contribution in [0.15, 0.2) is 0 Å². The van der Waals surface area contributed by atoms with E-state index in [1.165, 1.54) is 37.4 Å². The molecule has 1 heterocycles. The van der Waals surface area contributed by atoms with E-state index in [1.54, 1.807) is 6.92 Å². The normalized spacial score (nSPS) is 25.8. The van der Waals surface area contributed by atoms with E-state index in [-0.39, 0.29) is 16.3 Å². The fourth-order valence-electron chi connectivity index (χ4n) is 3.58. The van der Waals surface area contributed by atoms with Crippen molar-refractivity contribution in [3.05, 3.63) is 0 Å². The van der Waals surface area contributed by atoms with Crippen LogP contribution in [-0.4, -0.2) is 34.3 Å². The van der Waals surface area contributed by atoms with Crippen molar-refractivity contribution in [2.45, 2.75) is 58.1 Å². The number of rotatable bonds is 5. The molecule has 2 aliphatic rings. The summed E-state index contributed by atoms with van der Waals surface area (Å²) in [5.41, 5.74) is 0.375. The predicted molar refractivity (Wildman–Crippen MR) is 79.0 cm³/mol. The van der Waals surface area contributed by atoms with Crippen LogP contribution in [0.25, 0.3) is 0 Å². The second-order valence-corrected chi connectivity index (χ2v) is 8.14. The summed E-state index contributed by atoms with van der Waals surface area (Å²) in [6.45, 7) is 7.80. The smallest absolute Gasteiger partial charge is 0.223 e. The van der Waals surface area contributed by atoms with Crippen molar-refractivity contribution in [3.8, 4) is 0 Å². The minimum Gasteiger partial charge on any atom is -0.341 e. The predicted octanol–water partition coefficient (Wildman–Crippen LogP) is 3.08. The molecule has 1 aliphatic heterocycles. The molecule has 0 aromatic carbocycles. The van der Waals surface area contributed by atoms with Gasteiger partial charge in [0.2, 0.25) is 5.91 Å². The second kappa shape index (κ2) is 5.86. The highest BCUT2D eigenvalue weighted by Gasteiger charge is 2.42. The monoisotopic (exact) mass is 283 g/mol. The van der Waals surface area contributed by atoms with Crippen LogP contribution in [0.5, 0.6) is 0 Å². The topological polar surface area (TPSA) is 37.4 Å². The number of nitrogens with zero attached hydrogens (tertiary/aromatic N) is 1. The maximum absolute atomic E-state index is 12.1. The lowest BCUT2D eigenvalue weighted by molar-refractivity contribution is -0.130. The molecule has 0 aromatic rings. The Labute approximate surface area is 120 Å². The largest absolute Gasteiger partial charge is 0.341 e. The highest BCUT2D eigenvalue weighted by Crippen LogP contribution is 2.47. The fraction of sp³-hybridized carbons (Fsp3) is 0.867. The molecule has 0 aromatic heterocycles. The van der Waals surface area contributed by atoms with E-state index in [9.17, 15) is 9.59 Å². The van der Waals surface area contributed by atoms with Crippen molar-refractivity contribution in [2.24, 2.45) is 11.3 Å². The van der Waals surface area contributed by atoms with Gasteiger partial charge in [0.1, 0.15) is 0 Å². The fourth-order valence-corrected chi connectivity index (χ4v) is 4.53. The van der Waals surface area contributed by atoms with Crippen LogP contribution in [0.2, 0.25) is 0 Å². The number of thioether (sulfide) groups is 1. The number of hydrogen-bond acceptors (Lipinski definition) is 3. The van der Waals surface area contributed by atoms with Crippen molar-refractivity contribution >= 4 is 22.8 Å². The first-order valence-electron chi connectivity index (χ1n) is 7.35. The third-order valence-corrected chi connectivity index (χ3v) is 5.27. The summed E-state index contributed by atoms with van der Waals surface area (Å²) in [5.74, 6) is 0.939. The van der Waals surface area contributed by atoms with Crippen molar-refractivity contribution in [1.82, 2.24) is 4.90 Å². The molecule has 1 saturated carbocycles. The molecule has 1 aliphatic carbocycles. The van der Waals surface area contributed by atoms with E-state index in [0.717, 1.165) is 13.1 Å². The molecule has 3 nitrogen and oxygen atoms in total. The molecule has 0 N–H and O–H groups in total. The zero-order valence-electron chi connectivity index (χ0n) is 12.3. The molecule has 0 bridgehead atoms. The Hall–Kier alpha value is -0.510. The maximum Gasteiger partial charge on any atom is 0.223 e. The standard InChI is InChI=1S/C15H25NO2S/c1-11(2)8-15(5-4-6-15)10-16-9-13(7-14(16)18)19-12(3)17/h11,13H,4-10H2,1-3H3. The molecule has 4 heteroatoms. The molecule has 2 rings (SSSR count). The van der Waals surface area contributed by atoms with Crippen LogP contribution in [0, 0.1) is 11.3 Å². The van der Waals surface area contributed by atoms with E-state index < -0.39 is 0 Å². The highest BCUT2D eigenvalue weighted by atomic mass is 32.2. The van der Waals surface area contributed by atoms with Crippen molar-refractivity contribution in [1.29, 1.82) is 0 Å². The van der Waals surface area contributed by atoms with Gasteiger partial charge < -0.3 is 4.90 Å². The quantitative estimate of drug-likeness (QED) is 0.778.